The van der Waals surface area contributed by atoms with Crippen LogP contribution in [0.5, 0.6) is 0 Å². The monoisotopic (exact) mass is 589 g/mol. The molecule has 0 aliphatic heterocycles. The maximum absolute atomic E-state index is 13.7. The largest absolute Gasteiger partial charge is 0.352 e. The van der Waals surface area contributed by atoms with Crippen LogP contribution in [0, 0.1) is 11.6 Å². The molecule has 1 aliphatic carbocycles. The van der Waals surface area contributed by atoms with Crippen molar-refractivity contribution in [1.29, 1.82) is 0 Å². The second kappa shape index (κ2) is 13.1. The summed E-state index contributed by atoms with van der Waals surface area (Å²) in [6.45, 7) is 1.59. The highest BCUT2D eigenvalue weighted by Gasteiger charge is 2.29. The zero-order chi connectivity index (χ0) is 28.0. The van der Waals surface area contributed by atoms with Gasteiger partial charge in [0.2, 0.25) is 21.8 Å². The van der Waals surface area contributed by atoms with Crippen LogP contribution in [0.25, 0.3) is 0 Å². The van der Waals surface area contributed by atoms with Crippen LogP contribution >= 0.6 is 23.2 Å². The van der Waals surface area contributed by atoms with E-state index in [0.29, 0.717) is 15.6 Å². The van der Waals surface area contributed by atoms with E-state index in [0.717, 1.165) is 54.4 Å². The second-order valence-corrected chi connectivity index (χ2v) is 12.2. The molecule has 0 radical (unpaired) electrons. The maximum atomic E-state index is 13.7. The summed E-state index contributed by atoms with van der Waals surface area (Å²) in [4.78, 5) is 27.8. The number of hydrogen-bond acceptors (Lipinski definition) is 4. The summed E-state index contributed by atoms with van der Waals surface area (Å²) in [5.74, 6) is -2.92. The highest BCUT2D eigenvalue weighted by Crippen LogP contribution is 2.25. The minimum atomic E-state index is -3.84. The van der Waals surface area contributed by atoms with Crippen molar-refractivity contribution < 1.29 is 26.8 Å². The number of hydrogen-bond donors (Lipinski definition) is 1. The number of nitrogens with one attached hydrogen (secondary N) is 1. The van der Waals surface area contributed by atoms with E-state index in [1.54, 1.807) is 25.1 Å². The third kappa shape index (κ3) is 8.04. The van der Waals surface area contributed by atoms with Gasteiger partial charge in [0.15, 0.2) is 11.6 Å². The molecule has 2 aromatic carbocycles. The molecule has 0 unspecified atom stereocenters. The zero-order valence-corrected chi connectivity index (χ0v) is 23.6. The van der Waals surface area contributed by atoms with E-state index in [-0.39, 0.29) is 49.5 Å². The molecule has 0 heterocycles. The lowest BCUT2D eigenvalue weighted by Gasteiger charge is -2.30. The summed E-state index contributed by atoms with van der Waals surface area (Å²) >= 11 is 12.2. The first-order chi connectivity index (χ1) is 17.9. The lowest BCUT2D eigenvalue weighted by atomic mass is 10.1. The third-order valence-electron chi connectivity index (χ3n) is 6.55. The van der Waals surface area contributed by atoms with E-state index in [1.807, 2.05) is 0 Å². The number of rotatable bonds is 11. The zero-order valence-electron chi connectivity index (χ0n) is 21.2. The molecule has 3 rings (SSSR count). The molecule has 0 aromatic heterocycles. The Bertz CT molecular complexity index is 1270. The molecule has 0 bridgehead atoms. The van der Waals surface area contributed by atoms with Gasteiger partial charge in [0.05, 0.1) is 22.0 Å². The number of benzene rings is 2. The Morgan fingerprint density at radius 3 is 2.34 bits per heavy atom. The van der Waals surface area contributed by atoms with Gasteiger partial charge < -0.3 is 10.2 Å². The topological polar surface area (TPSA) is 86.8 Å². The molecule has 208 valence electrons. The molecule has 2 aromatic rings. The average Bonchev–Trinajstić information content (AvgIpc) is 3.36. The summed E-state index contributed by atoms with van der Waals surface area (Å²) in [6.07, 6.45) is 4.81. The van der Waals surface area contributed by atoms with Crippen molar-refractivity contribution in [1.82, 2.24) is 10.2 Å². The molecular weight excluding hydrogens is 559 g/mol. The van der Waals surface area contributed by atoms with Crippen molar-refractivity contribution >= 4 is 50.7 Å². The fraction of sp³-hybridized carbons (Fsp3) is 0.462. The van der Waals surface area contributed by atoms with Crippen molar-refractivity contribution in [2.75, 3.05) is 17.1 Å². The molecule has 2 amide bonds. The molecule has 0 spiro atoms. The first-order valence-corrected chi connectivity index (χ1v) is 14.9. The van der Waals surface area contributed by atoms with Crippen LogP contribution in [0.3, 0.4) is 0 Å². The van der Waals surface area contributed by atoms with E-state index < -0.39 is 27.7 Å². The predicted molar refractivity (Wildman–Crippen MR) is 145 cm³/mol. The number of amides is 2. The van der Waals surface area contributed by atoms with Gasteiger partial charge in [0.25, 0.3) is 0 Å². The number of anilines is 1. The van der Waals surface area contributed by atoms with E-state index in [2.05, 4.69) is 5.32 Å². The van der Waals surface area contributed by atoms with Gasteiger partial charge in [0, 0.05) is 31.6 Å². The number of nitrogens with zero attached hydrogens (tertiary/aromatic N) is 2. The molecule has 1 aliphatic rings. The first-order valence-electron chi connectivity index (χ1n) is 12.3. The molecular formula is C26H31Cl2F2N3O4S. The van der Waals surface area contributed by atoms with Crippen LogP contribution in [-0.2, 0) is 26.2 Å². The summed E-state index contributed by atoms with van der Waals surface area (Å²) in [7, 11) is -3.84. The predicted octanol–water partition coefficient (Wildman–Crippen LogP) is 5.29. The molecule has 7 nitrogen and oxygen atoms in total. The molecule has 1 N–H and O–H groups in total. The first kappa shape index (κ1) is 30.1. The summed E-state index contributed by atoms with van der Waals surface area (Å²) in [5.41, 5.74) is 0.628. The van der Waals surface area contributed by atoms with Gasteiger partial charge in [-0.05, 0) is 56.0 Å². The SMILES string of the molecule is C[C@H](C(=O)NC1CCCC1)N(Cc1ccc(Cl)c(Cl)c1)C(=O)CCCN(c1ccc(F)c(F)c1)S(C)(=O)=O. The van der Waals surface area contributed by atoms with Gasteiger partial charge in [0.1, 0.15) is 6.04 Å². The van der Waals surface area contributed by atoms with Crippen molar-refractivity contribution in [3.05, 3.63) is 63.6 Å². The Morgan fingerprint density at radius 2 is 1.74 bits per heavy atom. The van der Waals surface area contributed by atoms with Gasteiger partial charge in [-0.25, -0.2) is 17.2 Å². The molecule has 1 saturated carbocycles. The number of sulfonamides is 1. The maximum Gasteiger partial charge on any atom is 0.242 e. The molecule has 12 heteroatoms. The lowest BCUT2D eigenvalue weighted by molar-refractivity contribution is -0.141. The Hall–Kier alpha value is -2.43. The van der Waals surface area contributed by atoms with Crippen LogP contribution in [0.4, 0.5) is 14.5 Å². The van der Waals surface area contributed by atoms with Gasteiger partial charge in [-0.3, -0.25) is 13.9 Å². The minimum absolute atomic E-state index is 0.0455. The molecule has 1 fully saturated rings. The second-order valence-electron chi connectivity index (χ2n) is 9.47. The Morgan fingerprint density at radius 1 is 1.05 bits per heavy atom. The van der Waals surface area contributed by atoms with E-state index >= 15 is 0 Å². The number of carbonyl (C=O) groups excluding carboxylic acids is 2. The summed E-state index contributed by atoms with van der Waals surface area (Å²) in [5, 5.41) is 3.69. The van der Waals surface area contributed by atoms with Gasteiger partial charge in [-0.2, -0.15) is 0 Å². The van der Waals surface area contributed by atoms with Crippen LogP contribution in [0.15, 0.2) is 36.4 Å². The van der Waals surface area contributed by atoms with Gasteiger partial charge in [-0.15, -0.1) is 0 Å². The van der Waals surface area contributed by atoms with E-state index in [9.17, 15) is 26.8 Å². The van der Waals surface area contributed by atoms with Crippen molar-refractivity contribution in [2.45, 2.75) is 64.1 Å². The number of halogens is 4. The van der Waals surface area contributed by atoms with E-state index in [4.69, 9.17) is 23.2 Å². The van der Waals surface area contributed by atoms with Crippen molar-refractivity contribution in [2.24, 2.45) is 0 Å². The fourth-order valence-corrected chi connectivity index (χ4v) is 5.73. The van der Waals surface area contributed by atoms with Crippen molar-refractivity contribution in [3.63, 3.8) is 0 Å². The standard InChI is InChI=1S/C26H31Cl2F2N3O4S/c1-17(26(35)31-19-6-3-4-7-19)32(16-18-9-11-21(27)22(28)14-18)25(34)8-5-13-33(38(2,36)37)20-10-12-23(29)24(30)15-20/h9-12,14-15,17,19H,3-8,13,16H2,1-2H3,(H,31,35)/t17-/m1/s1. The van der Waals surface area contributed by atoms with Crippen LogP contribution in [-0.4, -0.2) is 50.0 Å². The van der Waals surface area contributed by atoms with Crippen LogP contribution < -0.4 is 9.62 Å². The smallest absolute Gasteiger partial charge is 0.242 e. The van der Waals surface area contributed by atoms with Crippen LogP contribution in [0.1, 0.15) is 51.0 Å². The van der Waals surface area contributed by atoms with Gasteiger partial charge in [-0.1, -0.05) is 42.1 Å². The normalized spacial score (nSPS) is 14.8. The quantitative estimate of drug-likeness (QED) is 0.385. The highest BCUT2D eigenvalue weighted by molar-refractivity contribution is 7.92. The van der Waals surface area contributed by atoms with E-state index in [1.165, 1.54) is 4.90 Å². The average molecular weight is 591 g/mol. The van der Waals surface area contributed by atoms with Crippen LogP contribution in [0.2, 0.25) is 10.0 Å². The fourth-order valence-electron chi connectivity index (χ4n) is 4.45. The summed E-state index contributed by atoms with van der Waals surface area (Å²) in [6, 6.07) is 7.03. The van der Waals surface area contributed by atoms with Gasteiger partial charge >= 0.3 is 0 Å². The summed E-state index contributed by atoms with van der Waals surface area (Å²) < 4.78 is 52.7. The third-order valence-corrected chi connectivity index (χ3v) is 8.48. The molecule has 0 saturated heterocycles. The minimum Gasteiger partial charge on any atom is -0.352 e. The Kier molecular flexibility index (Phi) is 10.4. The Balaban J connectivity index is 1.75. The van der Waals surface area contributed by atoms with Crippen molar-refractivity contribution in [3.8, 4) is 0 Å². The highest BCUT2D eigenvalue weighted by atomic mass is 35.5. The number of carbonyl (C=O) groups is 2. The Labute approximate surface area is 232 Å². The lowest BCUT2D eigenvalue weighted by Crippen LogP contribution is -2.49. The molecule has 38 heavy (non-hydrogen) atoms. The molecule has 1 atom stereocenters.